The molecule has 6 N–H and O–H groups in total. The van der Waals surface area contributed by atoms with Gasteiger partial charge in [-0.3, -0.25) is 15.0 Å². The fraction of sp³-hybridized carbons (Fsp3) is 0.821. The van der Waals surface area contributed by atoms with E-state index < -0.39 is 22.1 Å². The van der Waals surface area contributed by atoms with Crippen LogP contribution in [0, 0.1) is 17.2 Å². The van der Waals surface area contributed by atoms with E-state index in [0.717, 1.165) is 56.4 Å². The predicted octanol–water partition coefficient (Wildman–Crippen LogP) is 1.69. The summed E-state index contributed by atoms with van der Waals surface area (Å²) in [5.74, 6) is 0.366. The lowest BCUT2D eigenvalue weighted by molar-refractivity contribution is -0.140. The molecule has 13 heteroatoms. The van der Waals surface area contributed by atoms with Gasteiger partial charge in [0.25, 0.3) is 0 Å². The molecule has 232 valence electrons. The number of thioether (sulfide) groups is 1. The normalized spacial score (nSPS) is 27.0. The molecule has 4 atom stereocenters. The van der Waals surface area contributed by atoms with Crippen LogP contribution in [0.15, 0.2) is 11.0 Å². The Morgan fingerprint density at radius 2 is 1.93 bits per heavy atom. The van der Waals surface area contributed by atoms with E-state index in [0.29, 0.717) is 44.2 Å². The summed E-state index contributed by atoms with van der Waals surface area (Å²) in [6.45, 7) is 3.15. The molecular weight excluding hydrogens is 564 g/mol. The number of carbonyl (C=O) groups is 2. The lowest BCUT2D eigenvalue weighted by Crippen LogP contribution is -2.54. The number of carbonyl (C=O) groups excluding carboxylic acids is 2. The highest BCUT2D eigenvalue weighted by atomic mass is 32.2. The first-order valence-corrected chi connectivity index (χ1v) is 17.9. The van der Waals surface area contributed by atoms with Gasteiger partial charge in [-0.05, 0) is 69.9 Å². The number of hydrogen-bond acceptors (Lipinski definition) is 8. The smallest absolute Gasteiger partial charge is 0.242 e. The summed E-state index contributed by atoms with van der Waals surface area (Å²) in [4.78, 5) is 29.7. The maximum Gasteiger partial charge on any atom is 0.242 e. The highest BCUT2D eigenvalue weighted by Crippen LogP contribution is 2.32. The van der Waals surface area contributed by atoms with E-state index >= 15 is 0 Å². The minimum absolute atomic E-state index is 0.0308. The number of amides is 2. The van der Waals surface area contributed by atoms with Gasteiger partial charge < -0.3 is 26.0 Å². The first-order valence-electron chi connectivity index (χ1n) is 15.2. The average molecular weight is 613 g/mol. The maximum atomic E-state index is 13.9. The molecule has 1 saturated carbocycles. The molecule has 4 aliphatic rings. The van der Waals surface area contributed by atoms with Gasteiger partial charge in [0.15, 0.2) is 0 Å². The van der Waals surface area contributed by atoms with Crippen LogP contribution < -0.4 is 21.1 Å². The molecular formula is C28H48N6O5S2. The number of nitrogens with two attached hydrogens (primary N) is 1. The van der Waals surface area contributed by atoms with Crippen LogP contribution in [0.3, 0.4) is 0 Å². The van der Waals surface area contributed by atoms with Crippen molar-refractivity contribution in [2.45, 2.75) is 94.1 Å². The molecule has 0 aromatic rings. The summed E-state index contributed by atoms with van der Waals surface area (Å²) in [5.41, 5.74) is 5.61. The van der Waals surface area contributed by atoms with Crippen LogP contribution in [0.2, 0.25) is 0 Å². The van der Waals surface area contributed by atoms with Crippen molar-refractivity contribution in [1.29, 1.82) is 5.41 Å². The van der Waals surface area contributed by atoms with Gasteiger partial charge in [0.1, 0.15) is 17.9 Å². The number of nitrogens with zero attached hydrogens (tertiary/aromatic N) is 1. The molecule has 3 aliphatic heterocycles. The van der Waals surface area contributed by atoms with Gasteiger partial charge in [-0.1, -0.05) is 25.3 Å². The standard InChI is InChI=1S/C28H48N6O5S2/c1-41(37,38)33-23(9-7-19-11-13-31-14-12-19)28(36)34-17-21(39-18-20-5-3-2-4-6-20)15-24(34)27(35)32-16-22-8-10-25(40-22)26(29)30/h10,19-24,31,33H,2-9,11-18H2,1H3,(H3,29,30)(H,32,35)/t21-,22?,23-,24+/m1/s1. The van der Waals surface area contributed by atoms with Crippen LogP contribution in [0.25, 0.3) is 0 Å². The second-order valence-corrected chi connectivity index (χ2v) is 15.2. The van der Waals surface area contributed by atoms with Gasteiger partial charge in [-0.15, -0.1) is 11.8 Å². The lowest BCUT2D eigenvalue weighted by Gasteiger charge is -2.30. The third-order valence-electron chi connectivity index (χ3n) is 8.75. The number of piperidine rings is 1. The molecule has 0 aromatic heterocycles. The van der Waals surface area contributed by atoms with Gasteiger partial charge in [-0.2, -0.15) is 0 Å². The van der Waals surface area contributed by atoms with Crippen LogP contribution in [-0.4, -0.2) is 93.4 Å². The Morgan fingerprint density at radius 1 is 1.20 bits per heavy atom. The molecule has 2 saturated heterocycles. The highest BCUT2D eigenvalue weighted by molar-refractivity contribution is 8.04. The van der Waals surface area contributed by atoms with Crippen molar-refractivity contribution in [3.63, 3.8) is 0 Å². The van der Waals surface area contributed by atoms with Crippen LogP contribution >= 0.6 is 11.8 Å². The molecule has 2 amide bonds. The average Bonchev–Trinajstić information content (AvgIpc) is 3.61. The van der Waals surface area contributed by atoms with Crippen LogP contribution in [0.5, 0.6) is 0 Å². The zero-order valence-electron chi connectivity index (χ0n) is 24.2. The molecule has 0 radical (unpaired) electrons. The van der Waals surface area contributed by atoms with Crippen LogP contribution in [0.4, 0.5) is 0 Å². The van der Waals surface area contributed by atoms with Crippen molar-refractivity contribution >= 4 is 39.4 Å². The van der Waals surface area contributed by atoms with Crippen molar-refractivity contribution in [3.05, 3.63) is 11.0 Å². The molecule has 41 heavy (non-hydrogen) atoms. The van der Waals surface area contributed by atoms with Crippen molar-refractivity contribution in [3.8, 4) is 0 Å². The van der Waals surface area contributed by atoms with Crippen molar-refractivity contribution in [1.82, 2.24) is 20.3 Å². The summed E-state index contributed by atoms with van der Waals surface area (Å²) in [6.07, 6.45) is 12.9. The lowest BCUT2D eigenvalue weighted by atomic mass is 9.90. The zero-order valence-corrected chi connectivity index (χ0v) is 25.9. The Morgan fingerprint density at radius 3 is 2.59 bits per heavy atom. The van der Waals surface area contributed by atoms with E-state index in [-0.39, 0.29) is 35.5 Å². The Kier molecular flexibility index (Phi) is 11.9. The topological polar surface area (TPSA) is 167 Å². The SMILES string of the molecule is CS(=O)(=O)N[C@H](CCC1CCNCC1)C(=O)N1C[C@H](OCC2CCCCC2)C[C@H]1C(=O)NCC1CC=C(C(=N)N)S1. The summed E-state index contributed by atoms with van der Waals surface area (Å²) in [7, 11) is -3.64. The Labute approximate surface area is 249 Å². The molecule has 4 rings (SSSR count). The molecule has 0 aromatic carbocycles. The Bertz CT molecular complexity index is 1060. The van der Waals surface area contributed by atoms with E-state index in [1.165, 1.54) is 31.0 Å². The summed E-state index contributed by atoms with van der Waals surface area (Å²) in [6, 6.07) is -1.65. The molecule has 3 fully saturated rings. The minimum Gasteiger partial charge on any atom is -0.383 e. The molecule has 1 unspecified atom stereocenters. The molecule has 1 aliphatic carbocycles. The van der Waals surface area contributed by atoms with Gasteiger partial charge >= 0.3 is 0 Å². The minimum atomic E-state index is -3.64. The highest BCUT2D eigenvalue weighted by Gasteiger charge is 2.43. The van der Waals surface area contributed by atoms with E-state index in [4.69, 9.17) is 15.9 Å². The number of likely N-dealkylation sites (tertiary alicyclic amines) is 1. The predicted molar refractivity (Wildman–Crippen MR) is 162 cm³/mol. The number of allylic oxidation sites excluding steroid dienone is 1. The number of amidine groups is 1. The Hall–Kier alpha value is -1.67. The second kappa shape index (κ2) is 15.2. The number of sulfonamides is 1. The van der Waals surface area contributed by atoms with E-state index in [1.807, 2.05) is 6.08 Å². The summed E-state index contributed by atoms with van der Waals surface area (Å²) in [5, 5.41) is 14.1. The fourth-order valence-corrected chi connectivity index (χ4v) is 8.22. The quantitative estimate of drug-likeness (QED) is 0.155. The van der Waals surface area contributed by atoms with Gasteiger partial charge in [0, 0.05) is 36.3 Å². The van der Waals surface area contributed by atoms with Crippen LogP contribution in [-0.2, 0) is 24.3 Å². The van der Waals surface area contributed by atoms with Crippen molar-refractivity contribution in [2.24, 2.45) is 17.6 Å². The van der Waals surface area contributed by atoms with E-state index in [9.17, 15) is 18.0 Å². The summed E-state index contributed by atoms with van der Waals surface area (Å²) < 4.78 is 33.4. The van der Waals surface area contributed by atoms with Crippen LogP contribution in [0.1, 0.15) is 70.6 Å². The Balaban J connectivity index is 1.42. The summed E-state index contributed by atoms with van der Waals surface area (Å²) >= 11 is 1.48. The third-order valence-corrected chi connectivity index (χ3v) is 10.8. The first kappa shape index (κ1) is 32.2. The molecule has 0 spiro atoms. The van der Waals surface area contributed by atoms with Gasteiger partial charge in [0.05, 0.1) is 12.4 Å². The maximum absolute atomic E-state index is 13.9. The largest absolute Gasteiger partial charge is 0.383 e. The number of ether oxygens (including phenoxy) is 1. The van der Waals surface area contributed by atoms with Crippen molar-refractivity contribution in [2.75, 3.05) is 39.0 Å². The number of rotatable bonds is 13. The molecule has 11 nitrogen and oxygen atoms in total. The monoisotopic (exact) mass is 612 g/mol. The number of hydrogen-bond donors (Lipinski definition) is 5. The van der Waals surface area contributed by atoms with Gasteiger partial charge in [0.2, 0.25) is 21.8 Å². The zero-order chi connectivity index (χ0) is 29.4. The van der Waals surface area contributed by atoms with E-state index in [2.05, 4.69) is 15.4 Å². The molecule has 0 bridgehead atoms. The van der Waals surface area contributed by atoms with Gasteiger partial charge in [-0.25, -0.2) is 13.1 Å². The third kappa shape index (κ3) is 9.94. The fourth-order valence-electron chi connectivity index (χ4n) is 6.45. The van der Waals surface area contributed by atoms with E-state index in [1.54, 1.807) is 4.90 Å². The number of nitrogens with one attached hydrogen (secondary N) is 4. The second-order valence-electron chi connectivity index (χ2n) is 12.1. The first-order chi connectivity index (χ1) is 19.6. The van der Waals surface area contributed by atoms with Crippen molar-refractivity contribution < 1.29 is 22.7 Å². The molecule has 3 heterocycles.